The molecule has 2 heteroatoms. The highest BCUT2D eigenvalue weighted by Gasteiger charge is 2.01. The summed E-state index contributed by atoms with van der Waals surface area (Å²) in [6, 6.07) is 0. The van der Waals surface area contributed by atoms with Crippen LogP contribution < -0.4 is 0 Å². The van der Waals surface area contributed by atoms with E-state index < -0.39 is 0 Å². The SMILES string of the molecule is C=C(C)/C=C/C=C(\C)C(=O)OCC. The van der Waals surface area contributed by atoms with E-state index in [1.807, 2.05) is 13.0 Å². The lowest BCUT2D eigenvalue weighted by Gasteiger charge is -1.99. The summed E-state index contributed by atoms with van der Waals surface area (Å²) in [5.41, 5.74) is 1.55. The third-order valence-corrected chi connectivity index (χ3v) is 1.32. The topological polar surface area (TPSA) is 26.3 Å². The lowest BCUT2D eigenvalue weighted by molar-refractivity contribution is -0.138. The number of esters is 1. The van der Waals surface area contributed by atoms with Gasteiger partial charge in [0.1, 0.15) is 0 Å². The zero-order chi connectivity index (χ0) is 10.3. The molecule has 0 N–H and O–H groups in total. The first-order chi connectivity index (χ1) is 6.07. The summed E-state index contributed by atoms with van der Waals surface area (Å²) >= 11 is 0. The second-order valence-corrected chi connectivity index (χ2v) is 2.78. The number of allylic oxidation sites excluding steroid dienone is 4. The van der Waals surface area contributed by atoms with Crippen molar-refractivity contribution in [2.75, 3.05) is 6.61 Å². The molecule has 0 saturated heterocycles. The Morgan fingerprint density at radius 2 is 2.08 bits per heavy atom. The normalized spacial score (nSPS) is 11.8. The van der Waals surface area contributed by atoms with Crippen molar-refractivity contribution in [3.63, 3.8) is 0 Å². The van der Waals surface area contributed by atoms with Crippen molar-refractivity contribution in [1.29, 1.82) is 0 Å². The molecule has 0 aromatic heterocycles. The molecule has 0 aromatic rings. The highest BCUT2D eigenvalue weighted by molar-refractivity contribution is 5.88. The minimum atomic E-state index is -0.270. The van der Waals surface area contributed by atoms with Gasteiger partial charge in [-0.25, -0.2) is 4.79 Å². The van der Waals surface area contributed by atoms with Crippen LogP contribution in [0.4, 0.5) is 0 Å². The van der Waals surface area contributed by atoms with Crippen LogP contribution in [0.15, 0.2) is 36.0 Å². The lowest BCUT2D eigenvalue weighted by Crippen LogP contribution is -2.04. The van der Waals surface area contributed by atoms with Gasteiger partial charge in [0.25, 0.3) is 0 Å². The predicted molar refractivity (Wildman–Crippen MR) is 54.3 cm³/mol. The fraction of sp³-hybridized carbons (Fsp3) is 0.364. The van der Waals surface area contributed by atoms with E-state index in [1.165, 1.54) is 0 Å². The summed E-state index contributed by atoms with van der Waals surface area (Å²) in [4.78, 5) is 11.1. The molecule has 13 heavy (non-hydrogen) atoms. The predicted octanol–water partition coefficient (Wildman–Crippen LogP) is 2.63. The Balaban J connectivity index is 4.16. The van der Waals surface area contributed by atoms with Gasteiger partial charge >= 0.3 is 5.97 Å². The molecule has 0 unspecified atom stereocenters. The van der Waals surface area contributed by atoms with Crippen LogP contribution in [-0.4, -0.2) is 12.6 Å². The quantitative estimate of drug-likeness (QED) is 0.377. The molecule has 0 aromatic carbocycles. The first-order valence-electron chi connectivity index (χ1n) is 4.25. The average molecular weight is 180 g/mol. The van der Waals surface area contributed by atoms with Crippen molar-refractivity contribution >= 4 is 5.97 Å². The zero-order valence-electron chi connectivity index (χ0n) is 8.46. The van der Waals surface area contributed by atoms with Crippen LogP contribution in [-0.2, 0) is 9.53 Å². The van der Waals surface area contributed by atoms with Crippen molar-refractivity contribution in [3.8, 4) is 0 Å². The molecule has 2 nitrogen and oxygen atoms in total. The largest absolute Gasteiger partial charge is 0.463 e. The Bertz CT molecular complexity index is 247. The van der Waals surface area contributed by atoms with Gasteiger partial charge in [-0.05, 0) is 20.8 Å². The van der Waals surface area contributed by atoms with Crippen molar-refractivity contribution in [2.45, 2.75) is 20.8 Å². The Kier molecular flexibility index (Phi) is 5.60. The van der Waals surface area contributed by atoms with E-state index in [2.05, 4.69) is 6.58 Å². The van der Waals surface area contributed by atoms with E-state index in [9.17, 15) is 4.79 Å². The standard InChI is InChI=1S/C11H16O2/c1-5-13-11(12)10(4)8-6-7-9(2)3/h6-8H,2,5H2,1,3-4H3/b7-6+,10-8+. The van der Waals surface area contributed by atoms with Gasteiger partial charge in [0, 0.05) is 5.57 Å². The van der Waals surface area contributed by atoms with Gasteiger partial charge in [-0.3, -0.25) is 0 Å². The van der Waals surface area contributed by atoms with Gasteiger partial charge in [0.2, 0.25) is 0 Å². The highest BCUT2D eigenvalue weighted by Crippen LogP contribution is 1.98. The third kappa shape index (κ3) is 5.91. The molecule has 0 spiro atoms. The van der Waals surface area contributed by atoms with Crippen LogP contribution in [0.25, 0.3) is 0 Å². The average Bonchev–Trinajstić information content (AvgIpc) is 2.04. The lowest BCUT2D eigenvalue weighted by atomic mass is 10.2. The van der Waals surface area contributed by atoms with Gasteiger partial charge in [-0.15, -0.1) is 0 Å². The molecule has 0 amide bonds. The van der Waals surface area contributed by atoms with E-state index in [0.29, 0.717) is 12.2 Å². The molecule has 0 radical (unpaired) electrons. The van der Waals surface area contributed by atoms with Crippen molar-refractivity contribution < 1.29 is 9.53 Å². The maximum absolute atomic E-state index is 11.1. The van der Waals surface area contributed by atoms with Crippen LogP contribution in [0.3, 0.4) is 0 Å². The van der Waals surface area contributed by atoms with E-state index in [0.717, 1.165) is 5.57 Å². The summed E-state index contributed by atoms with van der Waals surface area (Å²) in [5, 5.41) is 0. The minimum Gasteiger partial charge on any atom is -0.463 e. The van der Waals surface area contributed by atoms with Crippen LogP contribution in [0, 0.1) is 0 Å². The Hall–Kier alpha value is -1.31. The van der Waals surface area contributed by atoms with E-state index in [4.69, 9.17) is 4.74 Å². The molecule has 0 heterocycles. The van der Waals surface area contributed by atoms with Gasteiger partial charge in [-0.1, -0.05) is 30.4 Å². The van der Waals surface area contributed by atoms with Crippen LogP contribution in [0.2, 0.25) is 0 Å². The molecule has 0 aliphatic carbocycles. The van der Waals surface area contributed by atoms with E-state index in [-0.39, 0.29) is 5.97 Å². The number of rotatable bonds is 4. The summed E-state index contributed by atoms with van der Waals surface area (Å²) in [7, 11) is 0. The number of carbonyl (C=O) groups is 1. The second kappa shape index (κ2) is 6.23. The summed E-state index contributed by atoms with van der Waals surface area (Å²) in [5.74, 6) is -0.270. The second-order valence-electron chi connectivity index (χ2n) is 2.78. The first kappa shape index (κ1) is 11.7. The van der Waals surface area contributed by atoms with Crippen molar-refractivity contribution in [3.05, 3.63) is 36.0 Å². The maximum Gasteiger partial charge on any atom is 0.333 e. The smallest absolute Gasteiger partial charge is 0.333 e. The number of ether oxygens (including phenoxy) is 1. The molecule has 0 rings (SSSR count). The Labute approximate surface area is 79.6 Å². The van der Waals surface area contributed by atoms with E-state index in [1.54, 1.807) is 26.0 Å². The van der Waals surface area contributed by atoms with Crippen molar-refractivity contribution in [2.24, 2.45) is 0 Å². The summed E-state index contributed by atoms with van der Waals surface area (Å²) in [6.45, 7) is 9.51. The minimum absolute atomic E-state index is 0.270. The van der Waals surface area contributed by atoms with Gasteiger partial charge in [0.05, 0.1) is 6.61 Å². The molecule has 0 saturated carbocycles. The molecule has 0 aliphatic rings. The Morgan fingerprint density at radius 1 is 1.46 bits per heavy atom. The van der Waals surface area contributed by atoms with Crippen LogP contribution in [0.1, 0.15) is 20.8 Å². The van der Waals surface area contributed by atoms with E-state index >= 15 is 0 Å². The first-order valence-corrected chi connectivity index (χ1v) is 4.25. The fourth-order valence-electron chi connectivity index (χ4n) is 0.670. The van der Waals surface area contributed by atoms with Gasteiger partial charge in [0.15, 0.2) is 0 Å². The van der Waals surface area contributed by atoms with Crippen LogP contribution >= 0.6 is 0 Å². The number of hydrogen-bond acceptors (Lipinski definition) is 2. The highest BCUT2D eigenvalue weighted by atomic mass is 16.5. The molecule has 0 fully saturated rings. The molecule has 72 valence electrons. The van der Waals surface area contributed by atoms with Crippen molar-refractivity contribution in [1.82, 2.24) is 0 Å². The zero-order valence-corrected chi connectivity index (χ0v) is 8.46. The van der Waals surface area contributed by atoms with Gasteiger partial charge in [-0.2, -0.15) is 0 Å². The molecule has 0 atom stereocenters. The molecular formula is C11H16O2. The summed E-state index contributed by atoms with van der Waals surface area (Å²) in [6.07, 6.45) is 5.34. The number of hydrogen-bond donors (Lipinski definition) is 0. The monoisotopic (exact) mass is 180 g/mol. The maximum atomic E-state index is 11.1. The molecular weight excluding hydrogens is 164 g/mol. The van der Waals surface area contributed by atoms with Gasteiger partial charge < -0.3 is 4.74 Å². The summed E-state index contributed by atoms with van der Waals surface area (Å²) < 4.78 is 4.80. The molecule has 0 bridgehead atoms. The number of carbonyl (C=O) groups excluding carboxylic acids is 1. The van der Waals surface area contributed by atoms with Crippen LogP contribution in [0.5, 0.6) is 0 Å². The fourth-order valence-corrected chi connectivity index (χ4v) is 0.670. The Morgan fingerprint density at radius 3 is 2.54 bits per heavy atom. The third-order valence-electron chi connectivity index (χ3n) is 1.32. The molecule has 0 aliphatic heterocycles.